The third kappa shape index (κ3) is 4.44. The number of nitrogens with zero attached hydrogens (tertiary/aromatic N) is 2. The molecule has 2 aliphatic heterocycles. The maximum atomic E-state index is 11.3. The molecule has 5 nitrogen and oxygen atoms in total. The molecule has 0 radical (unpaired) electrons. The van der Waals surface area contributed by atoms with Crippen molar-refractivity contribution >= 4 is 5.97 Å². The second kappa shape index (κ2) is 7.22. The van der Waals surface area contributed by atoms with Crippen LogP contribution >= 0.6 is 0 Å². The number of methoxy groups -OCH3 is 1. The summed E-state index contributed by atoms with van der Waals surface area (Å²) in [5.74, 6) is 0.517. The molecule has 0 amide bonds. The van der Waals surface area contributed by atoms with Crippen molar-refractivity contribution < 1.29 is 9.53 Å². The highest BCUT2D eigenvalue weighted by Gasteiger charge is 2.25. The number of hydrogen-bond acceptors (Lipinski definition) is 5. The standard InChI is InChI=1S/C14H27N3O2/c1-19-14(18)13(15)11-17-8-4-12(5-9-17)10-16-6-2-3-7-16/h12-13H,2-11,15H2,1H3. The first-order valence-electron chi connectivity index (χ1n) is 7.47. The van der Waals surface area contributed by atoms with Gasteiger partial charge in [-0.1, -0.05) is 0 Å². The zero-order valence-corrected chi connectivity index (χ0v) is 12.0. The van der Waals surface area contributed by atoms with Crippen LogP contribution in [0.5, 0.6) is 0 Å². The van der Waals surface area contributed by atoms with Gasteiger partial charge in [-0.15, -0.1) is 0 Å². The molecule has 2 rings (SSSR count). The molecule has 1 atom stereocenters. The van der Waals surface area contributed by atoms with Gasteiger partial charge in [0.15, 0.2) is 0 Å². The Kier molecular flexibility index (Phi) is 5.60. The van der Waals surface area contributed by atoms with Crippen LogP contribution < -0.4 is 5.73 Å². The maximum absolute atomic E-state index is 11.3. The summed E-state index contributed by atoms with van der Waals surface area (Å²) in [6.07, 6.45) is 5.19. The average molecular weight is 269 g/mol. The Hall–Kier alpha value is -0.650. The van der Waals surface area contributed by atoms with Gasteiger partial charge in [0, 0.05) is 13.1 Å². The number of carbonyl (C=O) groups is 1. The van der Waals surface area contributed by atoms with Crippen molar-refractivity contribution in [1.82, 2.24) is 9.80 Å². The number of carbonyl (C=O) groups excluding carboxylic acids is 1. The van der Waals surface area contributed by atoms with E-state index in [-0.39, 0.29) is 5.97 Å². The SMILES string of the molecule is COC(=O)C(N)CN1CCC(CN2CCCC2)CC1. The Balaban J connectivity index is 1.65. The maximum Gasteiger partial charge on any atom is 0.323 e. The molecule has 2 fully saturated rings. The topological polar surface area (TPSA) is 58.8 Å². The molecule has 0 saturated carbocycles. The third-order valence-electron chi connectivity index (χ3n) is 4.38. The number of rotatable bonds is 5. The fourth-order valence-electron chi connectivity index (χ4n) is 3.19. The quantitative estimate of drug-likeness (QED) is 0.727. The predicted molar refractivity (Wildman–Crippen MR) is 74.8 cm³/mol. The summed E-state index contributed by atoms with van der Waals surface area (Å²) in [4.78, 5) is 16.2. The van der Waals surface area contributed by atoms with Crippen molar-refractivity contribution in [2.75, 3.05) is 46.4 Å². The lowest BCUT2D eigenvalue weighted by molar-refractivity contribution is -0.142. The molecule has 2 N–H and O–H groups in total. The lowest BCUT2D eigenvalue weighted by atomic mass is 9.96. The van der Waals surface area contributed by atoms with E-state index in [1.165, 1.54) is 52.4 Å². The van der Waals surface area contributed by atoms with Gasteiger partial charge in [-0.25, -0.2) is 0 Å². The molecule has 0 aromatic rings. The molecule has 0 aliphatic carbocycles. The Morgan fingerprint density at radius 1 is 1.21 bits per heavy atom. The van der Waals surface area contributed by atoms with Crippen molar-refractivity contribution in [3.05, 3.63) is 0 Å². The van der Waals surface area contributed by atoms with Gasteiger partial charge < -0.3 is 20.3 Å². The van der Waals surface area contributed by atoms with E-state index in [9.17, 15) is 4.79 Å². The van der Waals surface area contributed by atoms with Crippen LogP contribution in [0.25, 0.3) is 0 Å². The van der Waals surface area contributed by atoms with Crippen molar-refractivity contribution in [2.45, 2.75) is 31.7 Å². The van der Waals surface area contributed by atoms with Crippen molar-refractivity contribution in [2.24, 2.45) is 11.7 Å². The Morgan fingerprint density at radius 2 is 1.84 bits per heavy atom. The minimum Gasteiger partial charge on any atom is -0.468 e. The van der Waals surface area contributed by atoms with Crippen LogP contribution in [0.1, 0.15) is 25.7 Å². The molecular weight excluding hydrogens is 242 g/mol. The molecule has 1 unspecified atom stereocenters. The Morgan fingerprint density at radius 3 is 2.42 bits per heavy atom. The monoisotopic (exact) mass is 269 g/mol. The number of nitrogens with two attached hydrogens (primary N) is 1. The van der Waals surface area contributed by atoms with E-state index >= 15 is 0 Å². The first kappa shape index (κ1) is 14.8. The summed E-state index contributed by atoms with van der Waals surface area (Å²) in [6.45, 7) is 6.58. The van der Waals surface area contributed by atoms with Crippen LogP contribution in [-0.2, 0) is 9.53 Å². The molecule has 2 saturated heterocycles. The second-order valence-corrected chi connectivity index (χ2v) is 5.88. The molecule has 0 aromatic heterocycles. The minimum atomic E-state index is -0.500. The summed E-state index contributed by atoms with van der Waals surface area (Å²) < 4.78 is 4.67. The highest BCUT2D eigenvalue weighted by atomic mass is 16.5. The molecule has 110 valence electrons. The van der Waals surface area contributed by atoms with Crippen LogP contribution in [0.2, 0.25) is 0 Å². The van der Waals surface area contributed by atoms with E-state index in [2.05, 4.69) is 14.5 Å². The molecule has 0 aromatic carbocycles. The normalized spacial score (nSPS) is 24.5. The number of piperidine rings is 1. The highest BCUT2D eigenvalue weighted by molar-refractivity contribution is 5.75. The lowest BCUT2D eigenvalue weighted by Crippen LogP contribution is -2.47. The van der Waals surface area contributed by atoms with E-state index in [1.54, 1.807) is 0 Å². The van der Waals surface area contributed by atoms with Gasteiger partial charge in [0.05, 0.1) is 7.11 Å². The van der Waals surface area contributed by atoms with Crippen molar-refractivity contribution in [3.8, 4) is 0 Å². The van der Waals surface area contributed by atoms with Crippen molar-refractivity contribution in [1.29, 1.82) is 0 Å². The minimum absolute atomic E-state index is 0.306. The first-order valence-corrected chi connectivity index (χ1v) is 7.47. The number of ether oxygens (including phenoxy) is 1. The van der Waals surface area contributed by atoms with Gasteiger partial charge in [-0.05, 0) is 57.8 Å². The molecule has 0 bridgehead atoms. The Bertz CT molecular complexity index is 284. The zero-order chi connectivity index (χ0) is 13.7. The molecule has 2 heterocycles. The summed E-state index contributed by atoms with van der Waals surface area (Å²) in [5, 5.41) is 0. The van der Waals surface area contributed by atoms with Crippen LogP contribution in [0.4, 0.5) is 0 Å². The molecule has 2 aliphatic rings. The molecule has 19 heavy (non-hydrogen) atoms. The number of likely N-dealkylation sites (tertiary alicyclic amines) is 2. The van der Waals surface area contributed by atoms with E-state index in [0.717, 1.165) is 19.0 Å². The van der Waals surface area contributed by atoms with E-state index in [4.69, 9.17) is 5.73 Å². The van der Waals surface area contributed by atoms with Gasteiger partial charge in [-0.2, -0.15) is 0 Å². The summed E-state index contributed by atoms with van der Waals surface area (Å²) in [5.41, 5.74) is 5.80. The lowest BCUT2D eigenvalue weighted by Gasteiger charge is -2.34. The third-order valence-corrected chi connectivity index (χ3v) is 4.38. The van der Waals surface area contributed by atoms with Crippen LogP contribution in [0.15, 0.2) is 0 Å². The Labute approximate surface area is 116 Å². The summed E-state index contributed by atoms with van der Waals surface area (Å²) >= 11 is 0. The summed E-state index contributed by atoms with van der Waals surface area (Å²) in [7, 11) is 1.39. The molecule has 0 spiro atoms. The van der Waals surface area contributed by atoms with Gasteiger partial charge in [0.2, 0.25) is 0 Å². The summed E-state index contributed by atoms with van der Waals surface area (Å²) in [6, 6.07) is -0.500. The number of hydrogen-bond donors (Lipinski definition) is 1. The largest absolute Gasteiger partial charge is 0.468 e. The first-order chi connectivity index (χ1) is 9.19. The average Bonchev–Trinajstić information content (AvgIpc) is 2.93. The molecule has 5 heteroatoms. The van der Waals surface area contributed by atoms with Crippen LogP contribution in [-0.4, -0.2) is 68.2 Å². The van der Waals surface area contributed by atoms with E-state index in [0.29, 0.717) is 6.54 Å². The van der Waals surface area contributed by atoms with Gasteiger partial charge >= 0.3 is 5.97 Å². The van der Waals surface area contributed by atoms with Crippen LogP contribution in [0, 0.1) is 5.92 Å². The van der Waals surface area contributed by atoms with Gasteiger partial charge in [-0.3, -0.25) is 4.79 Å². The van der Waals surface area contributed by atoms with Gasteiger partial charge in [0.25, 0.3) is 0 Å². The fourth-order valence-corrected chi connectivity index (χ4v) is 3.19. The van der Waals surface area contributed by atoms with E-state index in [1.807, 2.05) is 0 Å². The highest BCUT2D eigenvalue weighted by Crippen LogP contribution is 2.20. The predicted octanol–water partition coefficient (Wildman–Crippen LogP) is 0.295. The second-order valence-electron chi connectivity index (χ2n) is 5.88. The van der Waals surface area contributed by atoms with Crippen LogP contribution in [0.3, 0.4) is 0 Å². The smallest absolute Gasteiger partial charge is 0.323 e. The molecular formula is C14H27N3O2. The van der Waals surface area contributed by atoms with E-state index < -0.39 is 6.04 Å². The fraction of sp³-hybridized carbons (Fsp3) is 0.929. The number of esters is 1. The van der Waals surface area contributed by atoms with Gasteiger partial charge in [0.1, 0.15) is 6.04 Å². The van der Waals surface area contributed by atoms with Crippen molar-refractivity contribution in [3.63, 3.8) is 0 Å². The zero-order valence-electron chi connectivity index (χ0n) is 12.0.